The summed E-state index contributed by atoms with van der Waals surface area (Å²) in [5, 5.41) is 7.63. The number of rotatable bonds is 6. The molecule has 0 saturated carbocycles. The third kappa shape index (κ3) is 5.57. The zero-order valence-electron chi connectivity index (χ0n) is 12.8. The molecule has 1 rings (SSSR count). The van der Waals surface area contributed by atoms with E-state index >= 15 is 0 Å². The standard InChI is InChI=1S/C15H13F6NO3/c1-2-25-13(24)11(12(23)15(19,20)21)10(22)7-8-4-3-5-9(6-8)14(16,17)18/h3-6,11,22H,2,7H2,1H3. The second-order valence-electron chi connectivity index (χ2n) is 4.95. The van der Waals surface area contributed by atoms with Crippen LogP contribution in [-0.2, 0) is 26.9 Å². The number of ether oxygens (including phenoxy) is 1. The van der Waals surface area contributed by atoms with Gasteiger partial charge in [0.05, 0.1) is 12.2 Å². The minimum Gasteiger partial charge on any atom is -0.465 e. The Hall–Kier alpha value is -2.39. The minimum absolute atomic E-state index is 0.163. The van der Waals surface area contributed by atoms with Crippen molar-refractivity contribution in [1.29, 1.82) is 5.41 Å². The number of benzene rings is 1. The maximum Gasteiger partial charge on any atom is 0.451 e. The fourth-order valence-corrected chi connectivity index (χ4v) is 1.98. The smallest absolute Gasteiger partial charge is 0.451 e. The Balaban J connectivity index is 3.11. The third-order valence-corrected chi connectivity index (χ3v) is 3.06. The first-order valence-electron chi connectivity index (χ1n) is 6.89. The predicted molar refractivity (Wildman–Crippen MR) is 74.1 cm³/mol. The highest BCUT2D eigenvalue weighted by Gasteiger charge is 2.48. The first kappa shape index (κ1) is 20.7. The van der Waals surface area contributed by atoms with Crippen LogP contribution in [-0.4, -0.2) is 30.2 Å². The Labute approximate surface area is 138 Å². The van der Waals surface area contributed by atoms with E-state index in [-0.39, 0.29) is 12.2 Å². The summed E-state index contributed by atoms with van der Waals surface area (Å²) in [6, 6.07) is 3.53. The SMILES string of the molecule is CCOC(=O)C(C(=N)Cc1cccc(C(F)(F)F)c1)C(=O)C(F)(F)F. The molecule has 4 nitrogen and oxygen atoms in total. The Morgan fingerprint density at radius 1 is 1.16 bits per heavy atom. The van der Waals surface area contributed by atoms with Crippen molar-refractivity contribution in [3.8, 4) is 0 Å². The lowest BCUT2D eigenvalue weighted by Crippen LogP contribution is -2.41. The average molecular weight is 369 g/mol. The zero-order chi connectivity index (χ0) is 19.4. The molecule has 0 radical (unpaired) electrons. The Morgan fingerprint density at radius 3 is 2.24 bits per heavy atom. The number of halogens is 6. The summed E-state index contributed by atoms with van der Waals surface area (Å²) in [5.74, 6) is -6.61. The van der Waals surface area contributed by atoms with E-state index in [1.807, 2.05) is 0 Å². The van der Waals surface area contributed by atoms with Gasteiger partial charge in [-0.15, -0.1) is 0 Å². The van der Waals surface area contributed by atoms with Gasteiger partial charge >= 0.3 is 18.3 Å². The molecule has 0 aliphatic carbocycles. The lowest BCUT2D eigenvalue weighted by molar-refractivity contribution is -0.177. The van der Waals surface area contributed by atoms with Crippen LogP contribution in [0, 0.1) is 11.3 Å². The van der Waals surface area contributed by atoms with Crippen LogP contribution >= 0.6 is 0 Å². The van der Waals surface area contributed by atoms with E-state index in [1.165, 1.54) is 6.92 Å². The van der Waals surface area contributed by atoms with Gasteiger partial charge < -0.3 is 10.1 Å². The zero-order valence-corrected chi connectivity index (χ0v) is 12.8. The lowest BCUT2D eigenvalue weighted by Gasteiger charge is -2.17. The van der Waals surface area contributed by atoms with Crippen LogP contribution in [0.1, 0.15) is 18.1 Å². The topological polar surface area (TPSA) is 67.2 Å². The molecule has 1 aromatic rings. The van der Waals surface area contributed by atoms with E-state index in [0.717, 1.165) is 18.2 Å². The summed E-state index contributed by atoms with van der Waals surface area (Å²) in [6.45, 7) is 0.973. The number of alkyl halides is 6. The van der Waals surface area contributed by atoms with E-state index in [1.54, 1.807) is 0 Å². The summed E-state index contributed by atoms with van der Waals surface area (Å²) in [6.07, 6.45) is -10.8. The maximum atomic E-state index is 12.6. The average Bonchev–Trinajstić information content (AvgIpc) is 2.46. The van der Waals surface area contributed by atoms with Crippen LogP contribution < -0.4 is 0 Å². The number of hydrogen-bond acceptors (Lipinski definition) is 4. The van der Waals surface area contributed by atoms with Crippen molar-refractivity contribution in [3.63, 3.8) is 0 Å². The monoisotopic (exact) mass is 369 g/mol. The normalized spacial score (nSPS) is 13.2. The fraction of sp³-hybridized carbons (Fsp3) is 0.400. The quantitative estimate of drug-likeness (QED) is 0.361. The van der Waals surface area contributed by atoms with Crippen molar-refractivity contribution in [2.24, 2.45) is 5.92 Å². The van der Waals surface area contributed by atoms with Crippen molar-refractivity contribution in [1.82, 2.24) is 0 Å². The van der Waals surface area contributed by atoms with Gasteiger partial charge in [-0.3, -0.25) is 9.59 Å². The van der Waals surface area contributed by atoms with Crippen molar-refractivity contribution >= 4 is 17.5 Å². The van der Waals surface area contributed by atoms with Crippen LogP contribution in [0.15, 0.2) is 24.3 Å². The highest BCUT2D eigenvalue weighted by molar-refractivity contribution is 6.20. The fourth-order valence-electron chi connectivity index (χ4n) is 1.98. The van der Waals surface area contributed by atoms with Gasteiger partial charge in [0.1, 0.15) is 0 Å². The van der Waals surface area contributed by atoms with Crippen LogP contribution in [0.4, 0.5) is 26.3 Å². The van der Waals surface area contributed by atoms with E-state index in [4.69, 9.17) is 5.41 Å². The summed E-state index contributed by atoms with van der Waals surface area (Å²) >= 11 is 0. The molecular weight excluding hydrogens is 356 g/mol. The molecule has 0 aromatic heterocycles. The minimum atomic E-state index is -5.39. The van der Waals surface area contributed by atoms with E-state index in [0.29, 0.717) is 6.07 Å². The Morgan fingerprint density at radius 2 is 1.76 bits per heavy atom. The molecule has 1 unspecified atom stereocenters. The molecule has 0 aliphatic rings. The van der Waals surface area contributed by atoms with E-state index < -0.39 is 47.7 Å². The van der Waals surface area contributed by atoms with Crippen molar-refractivity contribution in [3.05, 3.63) is 35.4 Å². The summed E-state index contributed by atoms with van der Waals surface area (Å²) in [7, 11) is 0. The summed E-state index contributed by atoms with van der Waals surface area (Å²) < 4.78 is 80.2. The highest BCUT2D eigenvalue weighted by atomic mass is 19.4. The van der Waals surface area contributed by atoms with Gasteiger partial charge in [0, 0.05) is 12.1 Å². The number of carbonyl (C=O) groups is 2. The van der Waals surface area contributed by atoms with Crippen molar-refractivity contribution in [2.75, 3.05) is 6.61 Å². The highest BCUT2D eigenvalue weighted by Crippen LogP contribution is 2.30. The molecule has 10 heteroatoms. The molecule has 1 aromatic carbocycles. The van der Waals surface area contributed by atoms with Gasteiger partial charge in [-0.1, -0.05) is 18.2 Å². The number of carbonyl (C=O) groups excluding carboxylic acids is 2. The molecule has 1 atom stereocenters. The number of nitrogens with one attached hydrogen (secondary N) is 1. The van der Waals surface area contributed by atoms with Gasteiger partial charge in [0.2, 0.25) is 0 Å². The second-order valence-corrected chi connectivity index (χ2v) is 4.95. The number of hydrogen-bond donors (Lipinski definition) is 1. The lowest BCUT2D eigenvalue weighted by atomic mass is 9.92. The van der Waals surface area contributed by atoms with Crippen LogP contribution in [0.25, 0.3) is 0 Å². The van der Waals surface area contributed by atoms with Gasteiger partial charge in [0.15, 0.2) is 5.92 Å². The largest absolute Gasteiger partial charge is 0.465 e. The number of ketones is 1. The van der Waals surface area contributed by atoms with Gasteiger partial charge in [-0.2, -0.15) is 26.3 Å². The van der Waals surface area contributed by atoms with E-state index in [9.17, 15) is 35.9 Å². The molecule has 25 heavy (non-hydrogen) atoms. The molecular formula is C15H13F6NO3. The summed E-state index contributed by atoms with van der Waals surface area (Å²) in [5.41, 5.74) is -2.23. The molecule has 0 heterocycles. The maximum absolute atomic E-state index is 12.6. The molecule has 0 fully saturated rings. The third-order valence-electron chi connectivity index (χ3n) is 3.06. The van der Waals surface area contributed by atoms with Crippen molar-refractivity contribution in [2.45, 2.75) is 25.7 Å². The van der Waals surface area contributed by atoms with Gasteiger partial charge in [0.25, 0.3) is 5.78 Å². The van der Waals surface area contributed by atoms with Crippen LogP contribution in [0.2, 0.25) is 0 Å². The molecule has 0 spiro atoms. The number of Topliss-reactive ketones (excluding diaryl/α,β-unsaturated/α-hetero) is 1. The first-order valence-corrected chi connectivity index (χ1v) is 6.89. The van der Waals surface area contributed by atoms with Gasteiger partial charge in [-0.05, 0) is 18.6 Å². The molecule has 0 amide bonds. The van der Waals surface area contributed by atoms with Crippen LogP contribution in [0.5, 0.6) is 0 Å². The van der Waals surface area contributed by atoms with Gasteiger partial charge in [-0.25, -0.2) is 0 Å². The number of esters is 1. The molecule has 0 saturated heterocycles. The second kappa shape index (κ2) is 7.66. The van der Waals surface area contributed by atoms with E-state index in [2.05, 4.69) is 4.74 Å². The first-order chi connectivity index (χ1) is 11.4. The Bertz CT molecular complexity index is 666. The molecule has 0 aliphatic heterocycles. The molecule has 138 valence electrons. The van der Waals surface area contributed by atoms with Crippen molar-refractivity contribution < 1.29 is 40.7 Å². The van der Waals surface area contributed by atoms with Crippen LogP contribution in [0.3, 0.4) is 0 Å². The Kier molecular flexibility index (Phi) is 6.33. The predicted octanol–water partition coefficient (Wildman–Crippen LogP) is 3.58. The molecule has 0 bridgehead atoms. The molecule has 1 N–H and O–H groups in total. The summed E-state index contributed by atoms with van der Waals surface area (Å²) in [4.78, 5) is 23.0.